The summed E-state index contributed by atoms with van der Waals surface area (Å²) >= 11 is 0. The Kier molecular flexibility index (Phi) is 5.73. The molecule has 0 saturated carbocycles. The summed E-state index contributed by atoms with van der Waals surface area (Å²) in [6, 6.07) is 0.277. The van der Waals surface area contributed by atoms with E-state index in [9.17, 15) is 4.79 Å². The second-order valence-electron chi connectivity index (χ2n) is 7.11. The third-order valence-electron chi connectivity index (χ3n) is 5.10. The molecule has 1 atom stereocenters. The van der Waals surface area contributed by atoms with Crippen LogP contribution in [0.15, 0.2) is 0 Å². The third-order valence-corrected chi connectivity index (χ3v) is 5.10. The lowest BCUT2D eigenvalue weighted by atomic mass is 9.94. The predicted molar refractivity (Wildman–Crippen MR) is 97.7 cm³/mol. The van der Waals surface area contributed by atoms with Crippen molar-refractivity contribution in [2.75, 3.05) is 30.3 Å². The van der Waals surface area contributed by atoms with Gasteiger partial charge in [-0.25, -0.2) is 0 Å². The Hall–Kier alpha value is -1.89. The van der Waals surface area contributed by atoms with E-state index in [1.54, 1.807) is 4.90 Å². The molecule has 1 fully saturated rings. The normalized spacial score (nSPS) is 19.1. The molecule has 3 N–H and O–H groups in total. The lowest BCUT2D eigenvalue weighted by Crippen LogP contribution is -2.33. The van der Waals surface area contributed by atoms with Crippen molar-refractivity contribution in [2.24, 2.45) is 5.92 Å². The number of hydrogen-bond donors (Lipinski definition) is 2. The van der Waals surface area contributed by atoms with Crippen LogP contribution < -0.4 is 20.7 Å². The number of nitrogens with zero attached hydrogens (tertiary/aromatic N) is 3. The van der Waals surface area contributed by atoms with Gasteiger partial charge in [-0.1, -0.05) is 13.3 Å². The number of nitrogens with one attached hydrogen (secondary N) is 1. The molecule has 3 rings (SSSR count). The van der Waals surface area contributed by atoms with Gasteiger partial charge >= 0.3 is 6.01 Å². The molecule has 0 spiro atoms. The number of carbonyl (C=O) groups is 1. The molecule has 138 valence electrons. The van der Waals surface area contributed by atoms with Crippen molar-refractivity contribution >= 4 is 17.5 Å². The Morgan fingerprint density at radius 2 is 2.12 bits per heavy atom. The van der Waals surface area contributed by atoms with Crippen molar-refractivity contribution < 1.29 is 9.53 Å². The highest BCUT2D eigenvalue weighted by atomic mass is 16.5. The van der Waals surface area contributed by atoms with Gasteiger partial charge in [0.05, 0.1) is 12.5 Å². The first-order valence-corrected chi connectivity index (χ1v) is 9.42. The minimum atomic E-state index is 0.0303. The van der Waals surface area contributed by atoms with Gasteiger partial charge in [0.15, 0.2) is 0 Å². The van der Waals surface area contributed by atoms with E-state index in [-0.39, 0.29) is 24.4 Å². The average Bonchev–Trinajstić information content (AvgIpc) is 2.90. The zero-order valence-electron chi connectivity index (χ0n) is 15.3. The number of amides is 1. The first-order valence-electron chi connectivity index (χ1n) is 9.42. The highest BCUT2D eigenvalue weighted by Gasteiger charge is 2.32. The van der Waals surface area contributed by atoms with Crippen molar-refractivity contribution in [2.45, 2.75) is 58.5 Å². The van der Waals surface area contributed by atoms with Gasteiger partial charge in [0, 0.05) is 12.1 Å². The largest absolute Gasteiger partial charge is 0.460 e. The lowest BCUT2D eigenvalue weighted by Gasteiger charge is -2.25. The summed E-state index contributed by atoms with van der Waals surface area (Å²) in [5.41, 5.74) is 6.81. The predicted octanol–water partition coefficient (Wildman–Crippen LogP) is 1.90. The van der Waals surface area contributed by atoms with Crippen molar-refractivity contribution in [1.29, 1.82) is 0 Å². The standard InChI is InChI=1S/C18H29N5O2/c1-3-4-12(2)25-18-21-16(19)14-11-15(24)23(17(14)22-18)10-7-13-5-8-20-9-6-13/h12-13,20H,3-11H2,1-2H3,(H2,19,21,22)/t12-/m0/s1. The van der Waals surface area contributed by atoms with E-state index in [2.05, 4.69) is 22.2 Å². The minimum absolute atomic E-state index is 0.0303. The van der Waals surface area contributed by atoms with Crippen LogP contribution in [0.3, 0.4) is 0 Å². The Bertz CT molecular complexity index is 616. The van der Waals surface area contributed by atoms with Gasteiger partial charge in [-0.2, -0.15) is 9.97 Å². The van der Waals surface area contributed by atoms with Crippen LogP contribution in [0.25, 0.3) is 0 Å². The molecule has 7 heteroatoms. The van der Waals surface area contributed by atoms with Crippen LogP contribution in [0, 0.1) is 5.92 Å². The summed E-state index contributed by atoms with van der Waals surface area (Å²) in [5.74, 6) is 1.73. The first-order chi connectivity index (χ1) is 12.1. The quantitative estimate of drug-likeness (QED) is 0.782. The monoisotopic (exact) mass is 347 g/mol. The number of carbonyl (C=O) groups excluding carboxylic acids is 1. The van der Waals surface area contributed by atoms with Crippen LogP contribution in [-0.2, 0) is 11.2 Å². The maximum atomic E-state index is 12.4. The van der Waals surface area contributed by atoms with E-state index in [0.717, 1.165) is 37.9 Å². The van der Waals surface area contributed by atoms with Crippen molar-refractivity contribution in [1.82, 2.24) is 15.3 Å². The molecule has 0 aliphatic carbocycles. The number of ether oxygens (including phenoxy) is 1. The molecule has 1 amide bonds. The minimum Gasteiger partial charge on any atom is -0.460 e. The van der Waals surface area contributed by atoms with Gasteiger partial charge < -0.3 is 15.8 Å². The summed E-state index contributed by atoms with van der Waals surface area (Å²) < 4.78 is 5.79. The summed E-state index contributed by atoms with van der Waals surface area (Å²) in [4.78, 5) is 23.0. The maximum Gasteiger partial charge on any atom is 0.320 e. The fraction of sp³-hybridized carbons (Fsp3) is 0.722. The van der Waals surface area contributed by atoms with E-state index < -0.39 is 0 Å². The van der Waals surface area contributed by atoms with Gasteiger partial charge in [0.25, 0.3) is 0 Å². The Balaban J connectivity index is 1.72. The van der Waals surface area contributed by atoms with Crippen LogP contribution in [-0.4, -0.2) is 41.6 Å². The molecule has 3 heterocycles. The molecule has 0 aromatic carbocycles. The van der Waals surface area contributed by atoms with Crippen molar-refractivity contribution in [3.8, 4) is 6.01 Å². The molecule has 0 unspecified atom stereocenters. The molecule has 2 aliphatic rings. The summed E-state index contributed by atoms with van der Waals surface area (Å²) in [6.07, 6.45) is 5.62. The molecule has 0 radical (unpaired) electrons. The number of fused-ring (bicyclic) bond motifs is 1. The Labute approximate surface area is 149 Å². The van der Waals surface area contributed by atoms with Gasteiger partial charge in [-0.15, -0.1) is 0 Å². The fourth-order valence-corrected chi connectivity index (χ4v) is 3.64. The van der Waals surface area contributed by atoms with E-state index in [1.807, 2.05) is 6.92 Å². The molecule has 2 aliphatic heterocycles. The SMILES string of the molecule is CCC[C@H](C)Oc1nc(N)c2c(n1)N(CCC1CCNCC1)C(=O)C2. The number of anilines is 2. The average molecular weight is 347 g/mol. The highest BCUT2D eigenvalue weighted by Crippen LogP contribution is 2.33. The van der Waals surface area contributed by atoms with E-state index in [4.69, 9.17) is 10.5 Å². The molecule has 1 aromatic heterocycles. The molecule has 25 heavy (non-hydrogen) atoms. The van der Waals surface area contributed by atoms with Crippen LogP contribution in [0.1, 0.15) is 51.5 Å². The number of nitrogens with two attached hydrogens (primary N) is 1. The van der Waals surface area contributed by atoms with Crippen LogP contribution in [0.4, 0.5) is 11.6 Å². The molecule has 1 saturated heterocycles. The molecule has 0 bridgehead atoms. The van der Waals surface area contributed by atoms with Gasteiger partial charge in [-0.05, 0) is 51.6 Å². The zero-order chi connectivity index (χ0) is 17.8. The van der Waals surface area contributed by atoms with Crippen LogP contribution in [0.2, 0.25) is 0 Å². The van der Waals surface area contributed by atoms with Crippen molar-refractivity contribution in [3.63, 3.8) is 0 Å². The van der Waals surface area contributed by atoms with E-state index in [0.29, 0.717) is 24.1 Å². The maximum absolute atomic E-state index is 12.4. The first kappa shape index (κ1) is 17.9. The molecular weight excluding hydrogens is 318 g/mol. The van der Waals surface area contributed by atoms with Gasteiger partial charge in [-0.3, -0.25) is 9.69 Å². The highest BCUT2D eigenvalue weighted by molar-refractivity contribution is 6.01. The van der Waals surface area contributed by atoms with Crippen LogP contribution >= 0.6 is 0 Å². The third kappa shape index (κ3) is 4.21. The Morgan fingerprint density at radius 1 is 1.36 bits per heavy atom. The van der Waals surface area contributed by atoms with Crippen molar-refractivity contribution in [3.05, 3.63) is 5.56 Å². The second kappa shape index (κ2) is 7.99. The van der Waals surface area contributed by atoms with E-state index >= 15 is 0 Å². The summed E-state index contributed by atoms with van der Waals surface area (Å²) in [5, 5.41) is 3.38. The Morgan fingerprint density at radius 3 is 2.84 bits per heavy atom. The number of rotatable bonds is 7. The number of aromatic nitrogens is 2. The number of piperidine rings is 1. The second-order valence-corrected chi connectivity index (χ2v) is 7.11. The number of nitrogen functional groups attached to an aromatic ring is 1. The van der Waals surface area contributed by atoms with E-state index in [1.165, 1.54) is 12.8 Å². The smallest absolute Gasteiger partial charge is 0.320 e. The molecule has 1 aromatic rings. The fourth-order valence-electron chi connectivity index (χ4n) is 3.64. The molecular formula is C18H29N5O2. The zero-order valence-corrected chi connectivity index (χ0v) is 15.3. The van der Waals surface area contributed by atoms with Crippen LogP contribution in [0.5, 0.6) is 6.01 Å². The summed E-state index contributed by atoms with van der Waals surface area (Å²) in [6.45, 7) is 6.93. The molecule has 7 nitrogen and oxygen atoms in total. The number of hydrogen-bond acceptors (Lipinski definition) is 6. The lowest BCUT2D eigenvalue weighted by molar-refractivity contribution is -0.117. The summed E-state index contributed by atoms with van der Waals surface area (Å²) in [7, 11) is 0. The van der Waals surface area contributed by atoms with Gasteiger partial charge in [0.1, 0.15) is 11.6 Å². The topological polar surface area (TPSA) is 93.4 Å². The van der Waals surface area contributed by atoms with Gasteiger partial charge in [0.2, 0.25) is 5.91 Å².